The molecule has 0 saturated heterocycles. The van der Waals surface area contributed by atoms with Gasteiger partial charge in [0.05, 0.1) is 59.8 Å². The maximum absolute atomic E-state index is 13.4. The number of aryl methyl sites for hydroxylation is 1. The number of nitrogens with one attached hydrogen (secondary N) is 1. The summed E-state index contributed by atoms with van der Waals surface area (Å²) in [5.41, 5.74) is 7.27. The molecule has 2 aromatic carbocycles. The SMILES string of the molecule is COC1CCC(N=C2C=C3CN(c4ccc(C(F)(F)F)cc4)c4ccccc4CN=C3C=C2Nc2cncc(C)c2)CC1. The highest BCUT2D eigenvalue weighted by molar-refractivity contribution is 6.25. The van der Waals surface area contributed by atoms with Crippen LogP contribution in [0.25, 0.3) is 0 Å². The summed E-state index contributed by atoms with van der Waals surface area (Å²) in [6.45, 7) is 2.86. The van der Waals surface area contributed by atoms with E-state index in [2.05, 4.69) is 21.3 Å². The van der Waals surface area contributed by atoms with Gasteiger partial charge < -0.3 is 15.0 Å². The largest absolute Gasteiger partial charge is 0.416 e. The summed E-state index contributed by atoms with van der Waals surface area (Å²) < 4.78 is 45.6. The summed E-state index contributed by atoms with van der Waals surface area (Å²) in [6, 6.07) is 15.5. The first-order valence-corrected chi connectivity index (χ1v) is 14.6. The van der Waals surface area contributed by atoms with E-state index in [1.54, 1.807) is 13.3 Å². The van der Waals surface area contributed by atoms with Gasteiger partial charge >= 0.3 is 6.18 Å². The lowest BCUT2D eigenvalue weighted by Gasteiger charge is -2.32. The molecular formula is C34H34F3N5O. The number of aromatic nitrogens is 1. The molecule has 1 aliphatic heterocycles. The number of ether oxygens (including phenoxy) is 1. The van der Waals surface area contributed by atoms with Crippen molar-refractivity contribution in [2.75, 3.05) is 23.9 Å². The molecule has 2 heterocycles. The first-order chi connectivity index (χ1) is 20.8. The van der Waals surface area contributed by atoms with Crippen LogP contribution in [0.3, 0.4) is 0 Å². The first-order valence-electron chi connectivity index (χ1n) is 14.6. The second kappa shape index (κ2) is 12.2. The maximum atomic E-state index is 13.4. The zero-order valence-electron chi connectivity index (χ0n) is 24.2. The number of pyridine rings is 1. The highest BCUT2D eigenvalue weighted by Crippen LogP contribution is 2.36. The van der Waals surface area contributed by atoms with Gasteiger partial charge in [0.1, 0.15) is 0 Å². The van der Waals surface area contributed by atoms with Gasteiger partial charge in [-0.15, -0.1) is 0 Å². The number of allylic oxidation sites excluding steroid dienone is 2. The van der Waals surface area contributed by atoms with E-state index in [0.29, 0.717) is 18.8 Å². The number of fused-ring (bicyclic) bond motifs is 2. The minimum absolute atomic E-state index is 0.165. The van der Waals surface area contributed by atoms with Crippen molar-refractivity contribution in [3.05, 3.63) is 107 Å². The van der Waals surface area contributed by atoms with Crippen molar-refractivity contribution in [2.45, 2.75) is 57.5 Å². The number of nitrogens with zero attached hydrogens (tertiary/aromatic N) is 4. The Labute approximate surface area is 249 Å². The molecule has 1 N–H and O–H groups in total. The number of para-hydroxylation sites is 1. The topological polar surface area (TPSA) is 62.1 Å². The molecule has 0 radical (unpaired) electrons. The molecule has 9 heteroatoms. The average Bonchev–Trinajstić information content (AvgIpc) is 2.99. The Kier molecular flexibility index (Phi) is 8.17. The molecule has 2 aliphatic carbocycles. The van der Waals surface area contributed by atoms with Gasteiger partial charge in [0.15, 0.2) is 0 Å². The van der Waals surface area contributed by atoms with Crippen molar-refractivity contribution in [3.63, 3.8) is 0 Å². The molecule has 0 spiro atoms. The summed E-state index contributed by atoms with van der Waals surface area (Å²) in [7, 11) is 1.76. The summed E-state index contributed by atoms with van der Waals surface area (Å²) in [4.78, 5) is 16.6. The van der Waals surface area contributed by atoms with Gasteiger partial charge in [0, 0.05) is 24.7 Å². The zero-order chi connectivity index (χ0) is 30.0. The van der Waals surface area contributed by atoms with Crippen molar-refractivity contribution in [1.29, 1.82) is 0 Å². The maximum Gasteiger partial charge on any atom is 0.416 e. The van der Waals surface area contributed by atoms with Gasteiger partial charge in [-0.05, 0) is 97.9 Å². The molecule has 6 rings (SSSR count). The highest BCUT2D eigenvalue weighted by Gasteiger charge is 2.31. The van der Waals surface area contributed by atoms with Crippen molar-refractivity contribution < 1.29 is 17.9 Å². The molecule has 0 unspecified atom stereocenters. The lowest BCUT2D eigenvalue weighted by Crippen LogP contribution is -2.30. The number of hydrogen-bond donors (Lipinski definition) is 1. The smallest absolute Gasteiger partial charge is 0.381 e. The molecule has 1 saturated carbocycles. The molecule has 0 bridgehead atoms. The standard InChI is InChI=1S/C34H34F3N5O/c1-22-15-27(20-38-18-22)41-32-17-30-24(16-31(32)40-26-9-13-29(43-2)14-10-26)21-42(33-6-4-3-5-23(33)19-39-30)28-11-7-25(8-12-28)34(35,36)37/h3-8,11-12,15-18,20,26,29,41H,9-10,13-14,19,21H2,1-2H3. The van der Waals surface area contributed by atoms with Crippen LogP contribution >= 0.6 is 0 Å². The van der Waals surface area contributed by atoms with Gasteiger partial charge in [-0.1, -0.05) is 18.2 Å². The van der Waals surface area contributed by atoms with E-state index in [9.17, 15) is 13.2 Å². The summed E-state index contributed by atoms with van der Waals surface area (Å²) in [5.74, 6) is 0. The summed E-state index contributed by atoms with van der Waals surface area (Å²) in [5, 5.41) is 3.53. The van der Waals surface area contributed by atoms with Crippen LogP contribution < -0.4 is 10.2 Å². The van der Waals surface area contributed by atoms with Crippen LogP contribution in [-0.4, -0.2) is 42.2 Å². The second-order valence-electron chi connectivity index (χ2n) is 11.2. The molecule has 1 fully saturated rings. The number of hydrogen-bond acceptors (Lipinski definition) is 6. The van der Waals surface area contributed by atoms with Gasteiger partial charge in [-0.2, -0.15) is 13.2 Å². The minimum Gasteiger partial charge on any atom is -0.381 e. The molecule has 222 valence electrons. The Morgan fingerprint density at radius 1 is 0.977 bits per heavy atom. The number of methoxy groups -OCH3 is 1. The zero-order valence-corrected chi connectivity index (χ0v) is 24.2. The average molecular weight is 586 g/mol. The monoisotopic (exact) mass is 585 g/mol. The number of aliphatic imine (C=N–C) groups is 2. The predicted octanol–water partition coefficient (Wildman–Crippen LogP) is 7.84. The Morgan fingerprint density at radius 3 is 2.47 bits per heavy atom. The fourth-order valence-corrected chi connectivity index (χ4v) is 5.88. The fraction of sp³-hybridized carbons (Fsp3) is 0.324. The number of alkyl halides is 3. The Bertz CT molecular complexity index is 1600. The van der Waals surface area contributed by atoms with Crippen LogP contribution in [0, 0.1) is 6.92 Å². The minimum atomic E-state index is -4.40. The number of rotatable bonds is 5. The van der Waals surface area contributed by atoms with Crippen molar-refractivity contribution in [2.24, 2.45) is 9.98 Å². The third-order valence-electron chi connectivity index (χ3n) is 8.19. The molecule has 3 aromatic rings. The van der Waals surface area contributed by atoms with E-state index in [0.717, 1.165) is 83.0 Å². The Hall–Kier alpha value is -4.24. The van der Waals surface area contributed by atoms with Crippen LogP contribution in [0.1, 0.15) is 42.4 Å². The second-order valence-corrected chi connectivity index (χ2v) is 11.2. The highest BCUT2D eigenvalue weighted by atomic mass is 19.4. The molecule has 6 nitrogen and oxygen atoms in total. The van der Waals surface area contributed by atoms with E-state index in [4.69, 9.17) is 14.7 Å². The summed E-state index contributed by atoms with van der Waals surface area (Å²) in [6.07, 6.45) is 7.41. The van der Waals surface area contributed by atoms with E-state index in [-0.39, 0.29) is 12.1 Å². The van der Waals surface area contributed by atoms with Crippen LogP contribution in [0.2, 0.25) is 0 Å². The predicted molar refractivity (Wildman–Crippen MR) is 165 cm³/mol. The fourth-order valence-electron chi connectivity index (χ4n) is 5.88. The third kappa shape index (κ3) is 6.57. The van der Waals surface area contributed by atoms with E-state index in [1.165, 1.54) is 12.1 Å². The lowest BCUT2D eigenvalue weighted by atomic mass is 9.92. The first kappa shape index (κ1) is 28.9. The normalized spacial score (nSPS) is 21.6. The van der Waals surface area contributed by atoms with Crippen LogP contribution in [0.15, 0.2) is 100 Å². The van der Waals surface area contributed by atoms with Crippen molar-refractivity contribution in [1.82, 2.24) is 4.98 Å². The molecule has 0 atom stereocenters. The van der Waals surface area contributed by atoms with E-state index < -0.39 is 11.7 Å². The van der Waals surface area contributed by atoms with E-state index >= 15 is 0 Å². The lowest BCUT2D eigenvalue weighted by molar-refractivity contribution is -0.137. The molecule has 3 aliphatic rings. The van der Waals surface area contributed by atoms with Gasteiger partial charge in [0.25, 0.3) is 0 Å². The van der Waals surface area contributed by atoms with Crippen LogP contribution in [0.4, 0.5) is 30.2 Å². The third-order valence-corrected chi connectivity index (χ3v) is 8.19. The number of halogens is 3. The quantitative estimate of drug-likeness (QED) is 0.310. The van der Waals surface area contributed by atoms with Gasteiger partial charge in [-0.25, -0.2) is 0 Å². The van der Waals surface area contributed by atoms with Crippen LogP contribution in [0.5, 0.6) is 0 Å². The van der Waals surface area contributed by atoms with Gasteiger partial charge in [0.2, 0.25) is 0 Å². The number of anilines is 3. The van der Waals surface area contributed by atoms with Crippen LogP contribution in [-0.2, 0) is 17.5 Å². The van der Waals surface area contributed by atoms with Crippen molar-refractivity contribution >= 4 is 28.5 Å². The molecule has 0 amide bonds. The molecule has 43 heavy (non-hydrogen) atoms. The molecular weight excluding hydrogens is 551 g/mol. The van der Waals surface area contributed by atoms with E-state index in [1.807, 2.05) is 49.5 Å². The summed E-state index contributed by atoms with van der Waals surface area (Å²) >= 11 is 0. The number of benzene rings is 2. The Balaban J connectivity index is 1.40. The Morgan fingerprint density at radius 2 is 1.74 bits per heavy atom. The van der Waals surface area contributed by atoms with Crippen molar-refractivity contribution in [3.8, 4) is 0 Å². The molecule has 1 aromatic heterocycles. The van der Waals surface area contributed by atoms with Gasteiger partial charge in [-0.3, -0.25) is 15.0 Å².